The number of nitrogens with zero attached hydrogens (tertiary/aromatic N) is 1. The monoisotopic (exact) mass is 361 g/mol. The summed E-state index contributed by atoms with van der Waals surface area (Å²) < 4.78 is 10.6. The second kappa shape index (κ2) is 7.78. The number of carbonyl (C=O) groups excluding carboxylic acids is 1. The van der Waals surface area contributed by atoms with Crippen LogP contribution < -0.4 is 20.1 Å². The first-order valence-electron chi connectivity index (χ1n) is 8.73. The van der Waals surface area contributed by atoms with Crippen molar-refractivity contribution in [1.82, 2.24) is 4.98 Å². The second-order valence-electron chi connectivity index (χ2n) is 6.11. The SMILES string of the molecule is O=C(Nc1ccc2c(c1)OCO2)c1ccnc(NCCc2ccccc2)c1. The summed E-state index contributed by atoms with van der Waals surface area (Å²) in [6.45, 7) is 0.944. The lowest BCUT2D eigenvalue weighted by atomic mass is 10.1. The molecule has 1 aliphatic rings. The summed E-state index contributed by atoms with van der Waals surface area (Å²) in [5.41, 5.74) is 2.44. The Bertz CT molecular complexity index is 944. The topological polar surface area (TPSA) is 72.5 Å². The van der Waals surface area contributed by atoms with Gasteiger partial charge in [-0.1, -0.05) is 30.3 Å². The summed E-state index contributed by atoms with van der Waals surface area (Å²) >= 11 is 0. The van der Waals surface area contributed by atoms with E-state index in [0.717, 1.165) is 13.0 Å². The van der Waals surface area contributed by atoms with Crippen LogP contribution >= 0.6 is 0 Å². The van der Waals surface area contributed by atoms with E-state index in [1.807, 2.05) is 18.2 Å². The molecule has 0 bridgehead atoms. The van der Waals surface area contributed by atoms with Crippen LogP contribution in [0.4, 0.5) is 11.5 Å². The molecule has 2 heterocycles. The summed E-state index contributed by atoms with van der Waals surface area (Å²) in [6, 6.07) is 19.0. The van der Waals surface area contributed by atoms with E-state index in [9.17, 15) is 4.79 Å². The molecule has 0 saturated heterocycles. The van der Waals surface area contributed by atoms with Crippen LogP contribution in [0, 0.1) is 0 Å². The van der Waals surface area contributed by atoms with Gasteiger partial charge >= 0.3 is 0 Å². The molecule has 136 valence electrons. The van der Waals surface area contributed by atoms with E-state index in [0.29, 0.717) is 28.6 Å². The smallest absolute Gasteiger partial charge is 0.255 e. The number of benzene rings is 2. The maximum Gasteiger partial charge on any atom is 0.255 e. The van der Waals surface area contributed by atoms with Gasteiger partial charge in [-0.25, -0.2) is 4.98 Å². The quantitative estimate of drug-likeness (QED) is 0.700. The molecule has 3 aromatic rings. The fourth-order valence-electron chi connectivity index (χ4n) is 2.83. The molecule has 6 nitrogen and oxygen atoms in total. The minimum Gasteiger partial charge on any atom is -0.454 e. The third-order valence-corrected chi connectivity index (χ3v) is 4.22. The second-order valence-corrected chi connectivity index (χ2v) is 6.11. The van der Waals surface area contributed by atoms with Crippen LogP contribution in [0.15, 0.2) is 66.9 Å². The largest absolute Gasteiger partial charge is 0.454 e. The highest BCUT2D eigenvalue weighted by Crippen LogP contribution is 2.34. The highest BCUT2D eigenvalue weighted by atomic mass is 16.7. The number of anilines is 2. The Labute approximate surface area is 157 Å². The number of fused-ring (bicyclic) bond motifs is 1. The average Bonchev–Trinajstić information content (AvgIpc) is 3.17. The number of pyridine rings is 1. The first-order valence-corrected chi connectivity index (χ1v) is 8.73. The van der Waals surface area contributed by atoms with Crippen molar-refractivity contribution >= 4 is 17.4 Å². The Morgan fingerprint density at radius 1 is 1.00 bits per heavy atom. The van der Waals surface area contributed by atoms with Gasteiger partial charge in [-0.3, -0.25) is 4.79 Å². The van der Waals surface area contributed by atoms with Crippen molar-refractivity contribution in [1.29, 1.82) is 0 Å². The summed E-state index contributed by atoms with van der Waals surface area (Å²) in [6.07, 6.45) is 2.51. The molecule has 6 heteroatoms. The molecular formula is C21H19N3O3. The molecule has 0 saturated carbocycles. The Morgan fingerprint density at radius 3 is 2.74 bits per heavy atom. The van der Waals surface area contributed by atoms with Gasteiger partial charge in [0, 0.05) is 30.1 Å². The van der Waals surface area contributed by atoms with Gasteiger partial charge in [0.2, 0.25) is 6.79 Å². The number of amides is 1. The van der Waals surface area contributed by atoms with Crippen molar-refractivity contribution in [3.8, 4) is 11.5 Å². The van der Waals surface area contributed by atoms with Crippen LogP contribution in [-0.4, -0.2) is 24.2 Å². The lowest BCUT2D eigenvalue weighted by Gasteiger charge is -2.09. The van der Waals surface area contributed by atoms with E-state index >= 15 is 0 Å². The molecule has 0 aliphatic carbocycles. The van der Waals surface area contributed by atoms with Gasteiger partial charge in [0.1, 0.15) is 5.82 Å². The maximum absolute atomic E-state index is 12.5. The van der Waals surface area contributed by atoms with E-state index < -0.39 is 0 Å². The van der Waals surface area contributed by atoms with Crippen molar-refractivity contribution < 1.29 is 14.3 Å². The molecule has 1 amide bonds. The van der Waals surface area contributed by atoms with E-state index in [1.54, 1.807) is 36.5 Å². The minimum absolute atomic E-state index is 0.203. The zero-order valence-electron chi connectivity index (χ0n) is 14.6. The van der Waals surface area contributed by atoms with Crippen molar-refractivity contribution in [3.63, 3.8) is 0 Å². The number of hydrogen-bond donors (Lipinski definition) is 2. The van der Waals surface area contributed by atoms with Gasteiger partial charge in [0.05, 0.1) is 0 Å². The summed E-state index contributed by atoms with van der Waals surface area (Å²) in [4.78, 5) is 16.8. The van der Waals surface area contributed by atoms with Crippen LogP contribution in [0.25, 0.3) is 0 Å². The van der Waals surface area contributed by atoms with E-state index in [1.165, 1.54) is 5.56 Å². The van der Waals surface area contributed by atoms with E-state index in [2.05, 4.69) is 27.8 Å². The van der Waals surface area contributed by atoms with Gasteiger partial charge in [-0.15, -0.1) is 0 Å². The van der Waals surface area contributed by atoms with Crippen LogP contribution in [0.5, 0.6) is 11.5 Å². The number of carbonyl (C=O) groups is 1. The molecule has 0 radical (unpaired) electrons. The fourth-order valence-corrected chi connectivity index (χ4v) is 2.83. The van der Waals surface area contributed by atoms with E-state index in [-0.39, 0.29) is 12.7 Å². The summed E-state index contributed by atoms with van der Waals surface area (Å²) in [5.74, 6) is 1.78. The number of ether oxygens (including phenoxy) is 2. The minimum atomic E-state index is -0.206. The average molecular weight is 361 g/mol. The number of nitrogens with one attached hydrogen (secondary N) is 2. The highest BCUT2D eigenvalue weighted by molar-refractivity contribution is 6.04. The molecule has 1 aliphatic heterocycles. The fraction of sp³-hybridized carbons (Fsp3) is 0.143. The summed E-state index contributed by atoms with van der Waals surface area (Å²) in [5, 5.41) is 6.13. The van der Waals surface area contributed by atoms with Crippen LogP contribution in [0.3, 0.4) is 0 Å². The predicted molar refractivity (Wildman–Crippen MR) is 103 cm³/mol. The first kappa shape index (κ1) is 16.9. The molecular weight excluding hydrogens is 342 g/mol. The lowest BCUT2D eigenvalue weighted by molar-refractivity contribution is 0.102. The van der Waals surface area contributed by atoms with Gasteiger partial charge in [0.15, 0.2) is 11.5 Å². The third-order valence-electron chi connectivity index (χ3n) is 4.22. The number of aromatic nitrogens is 1. The molecule has 4 rings (SSSR count). The van der Waals surface area contributed by atoms with Gasteiger partial charge in [-0.2, -0.15) is 0 Å². The highest BCUT2D eigenvalue weighted by Gasteiger charge is 2.15. The first-order chi connectivity index (χ1) is 13.3. The zero-order chi connectivity index (χ0) is 18.5. The van der Waals surface area contributed by atoms with Crippen molar-refractivity contribution in [3.05, 3.63) is 78.0 Å². The molecule has 0 spiro atoms. The van der Waals surface area contributed by atoms with Crippen LogP contribution in [-0.2, 0) is 6.42 Å². The Kier molecular flexibility index (Phi) is 4.87. The van der Waals surface area contributed by atoms with Crippen molar-refractivity contribution in [2.45, 2.75) is 6.42 Å². The predicted octanol–water partition coefficient (Wildman–Crippen LogP) is 3.72. The molecule has 2 N–H and O–H groups in total. The van der Waals surface area contributed by atoms with Crippen LogP contribution in [0.1, 0.15) is 15.9 Å². The maximum atomic E-state index is 12.5. The molecule has 0 atom stereocenters. The summed E-state index contributed by atoms with van der Waals surface area (Å²) in [7, 11) is 0. The van der Waals surface area contributed by atoms with Gasteiger partial charge in [-0.05, 0) is 36.2 Å². The van der Waals surface area contributed by atoms with Gasteiger partial charge < -0.3 is 20.1 Å². The molecule has 27 heavy (non-hydrogen) atoms. The number of hydrogen-bond acceptors (Lipinski definition) is 5. The Hall–Kier alpha value is -3.54. The van der Waals surface area contributed by atoms with Crippen molar-refractivity contribution in [2.75, 3.05) is 24.0 Å². The Balaban J connectivity index is 1.37. The van der Waals surface area contributed by atoms with Gasteiger partial charge in [0.25, 0.3) is 5.91 Å². The van der Waals surface area contributed by atoms with E-state index in [4.69, 9.17) is 9.47 Å². The molecule has 0 fully saturated rings. The molecule has 1 aromatic heterocycles. The zero-order valence-corrected chi connectivity index (χ0v) is 14.6. The standard InChI is InChI=1S/C21H19N3O3/c25-21(24-17-6-7-18-19(13-17)27-14-26-18)16-9-11-23-20(12-16)22-10-8-15-4-2-1-3-5-15/h1-7,9,11-13H,8,10,14H2,(H,22,23)(H,24,25). The van der Waals surface area contributed by atoms with Crippen LogP contribution in [0.2, 0.25) is 0 Å². The lowest BCUT2D eigenvalue weighted by Crippen LogP contribution is -2.13. The Morgan fingerprint density at radius 2 is 1.85 bits per heavy atom. The molecule has 0 unspecified atom stereocenters. The van der Waals surface area contributed by atoms with Crippen molar-refractivity contribution in [2.24, 2.45) is 0 Å². The normalized spacial score (nSPS) is 11.9. The third kappa shape index (κ3) is 4.17. The molecule has 2 aromatic carbocycles. The number of rotatable bonds is 6.